The van der Waals surface area contributed by atoms with Crippen LogP contribution in [0.5, 0.6) is 5.75 Å². The van der Waals surface area contributed by atoms with Crippen LogP contribution in [0.2, 0.25) is 0 Å². The second-order valence-electron chi connectivity index (χ2n) is 9.55. The number of ether oxygens (including phenoxy) is 1. The van der Waals surface area contributed by atoms with E-state index in [-0.39, 0.29) is 6.61 Å². The van der Waals surface area contributed by atoms with Crippen LogP contribution in [-0.4, -0.2) is 29.0 Å². The molecule has 1 saturated carbocycles. The molecule has 2 aliphatic carbocycles. The second kappa shape index (κ2) is 9.66. The predicted molar refractivity (Wildman–Crippen MR) is 125 cm³/mol. The zero-order chi connectivity index (χ0) is 22.8. The lowest BCUT2D eigenvalue weighted by Crippen LogP contribution is -2.41. The molecule has 0 heterocycles. The van der Waals surface area contributed by atoms with E-state index in [0.29, 0.717) is 24.7 Å². The second-order valence-corrected chi connectivity index (χ2v) is 10.8. The summed E-state index contributed by atoms with van der Waals surface area (Å²) in [5, 5.41) is 0. The molecule has 0 amide bonds. The summed E-state index contributed by atoms with van der Waals surface area (Å²) in [6.45, 7) is -0.105. The fraction of sp³-hybridized carbons (Fsp3) is 0.520. The third kappa shape index (κ3) is 5.81. The van der Waals surface area contributed by atoms with Gasteiger partial charge in [0.15, 0.2) is 0 Å². The van der Waals surface area contributed by atoms with Crippen molar-refractivity contribution < 1.29 is 23.6 Å². The number of phosphoric acid groups is 1. The molecule has 0 spiro atoms. The largest absolute Gasteiger partial charge is 0.496 e. The van der Waals surface area contributed by atoms with Crippen LogP contribution in [0.25, 0.3) is 0 Å². The molecule has 1 fully saturated rings. The first-order valence-electron chi connectivity index (χ1n) is 11.5. The summed E-state index contributed by atoms with van der Waals surface area (Å²) in [6.07, 6.45) is 7.94. The summed E-state index contributed by atoms with van der Waals surface area (Å²) in [5.74, 6) is 1.98. The Morgan fingerprint density at radius 1 is 1.16 bits per heavy atom. The van der Waals surface area contributed by atoms with Crippen LogP contribution in [0.3, 0.4) is 0 Å². The smallest absolute Gasteiger partial charge is 0.469 e. The topological polar surface area (TPSA) is 102 Å². The van der Waals surface area contributed by atoms with E-state index in [4.69, 9.17) is 24.8 Å². The van der Waals surface area contributed by atoms with E-state index >= 15 is 0 Å². The van der Waals surface area contributed by atoms with E-state index in [1.54, 1.807) is 7.11 Å². The Kier molecular flexibility index (Phi) is 7.09. The zero-order valence-corrected chi connectivity index (χ0v) is 19.6. The van der Waals surface area contributed by atoms with Gasteiger partial charge in [0.25, 0.3) is 0 Å². The minimum absolute atomic E-state index is 0.105. The molecule has 0 saturated heterocycles. The fourth-order valence-corrected chi connectivity index (χ4v) is 5.83. The number of phosphoric ester groups is 1. The monoisotopic (exact) mass is 459 g/mol. The van der Waals surface area contributed by atoms with E-state index in [9.17, 15) is 4.57 Å². The number of nitrogens with two attached hydrogens (primary N) is 1. The first kappa shape index (κ1) is 23.5. The minimum Gasteiger partial charge on any atom is -0.496 e. The van der Waals surface area contributed by atoms with E-state index in [0.717, 1.165) is 31.4 Å². The molecule has 3 atom stereocenters. The molecule has 0 radical (unpaired) electrons. The maximum atomic E-state index is 11.0. The van der Waals surface area contributed by atoms with Crippen molar-refractivity contribution in [3.63, 3.8) is 0 Å². The molecule has 2 aromatic carbocycles. The summed E-state index contributed by atoms with van der Waals surface area (Å²) < 4.78 is 21.2. The summed E-state index contributed by atoms with van der Waals surface area (Å²) in [7, 11) is -2.76. The molecule has 7 heteroatoms. The van der Waals surface area contributed by atoms with Crippen LogP contribution in [0.4, 0.5) is 0 Å². The number of fused-ring (bicyclic) bond motifs is 1. The lowest BCUT2D eigenvalue weighted by atomic mass is 9.79. The van der Waals surface area contributed by atoms with Crippen molar-refractivity contribution in [2.45, 2.75) is 62.8 Å². The number of para-hydroxylation sites is 1. The van der Waals surface area contributed by atoms with Gasteiger partial charge in [-0.3, -0.25) is 4.52 Å². The summed E-state index contributed by atoms with van der Waals surface area (Å²) in [6, 6.07) is 15.1. The van der Waals surface area contributed by atoms with Gasteiger partial charge in [-0.2, -0.15) is 0 Å². The molecule has 174 valence electrons. The summed E-state index contributed by atoms with van der Waals surface area (Å²) >= 11 is 0. The number of benzene rings is 2. The minimum atomic E-state index is -4.49. The van der Waals surface area contributed by atoms with Gasteiger partial charge < -0.3 is 20.3 Å². The van der Waals surface area contributed by atoms with Gasteiger partial charge in [0, 0.05) is 5.54 Å². The van der Waals surface area contributed by atoms with Crippen LogP contribution in [0.15, 0.2) is 42.5 Å². The van der Waals surface area contributed by atoms with Crippen LogP contribution in [0, 0.1) is 5.92 Å². The molecule has 4 rings (SSSR count). The number of rotatable bonds is 8. The van der Waals surface area contributed by atoms with Gasteiger partial charge in [-0.25, -0.2) is 4.57 Å². The van der Waals surface area contributed by atoms with Crippen molar-refractivity contribution in [1.29, 1.82) is 0 Å². The van der Waals surface area contributed by atoms with Crippen LogP contribution < -0.4 is 10.5 Å². The number of hydrogen-bond acceptors (Lipinski definition) is 4. The van der Waals surface area contributed by atoms with Crippen molar-refractivity contribution >= 4 is 7.82 Å². The maximum absolute atomic E-state index is 11.0. The Morgan fingerprint density at radius 2 is 1.97 bits per heavy atom. The van der Waals surface area contributed by atoms with Crippen LogP contribution >= 0.6 is 7.82 Å². The molecular formula is C25H34NO5P. The highest BCUT2D eigenvalue weighted by atomic mass is 31.2. The Hall–Kier alpha value is -1.69. The van der Waals surface area contributed by atoms with Gasteiger partial charge in [0.05, 0.1) is 13.7 Å². The van der Waals surface area contributed by atoms with Crippen molar-refractivity contribution in [3.8, 4) is 5.75 Å². The van der Waals surface area contributed by atoms with E-state index in [2.05, 4.69) is 30.3 Å². The predicted octanol–water partition coefficient (Wildman–Crippen LogP) is 4.51. The normalized spacial score (nSPS) is 25.5. The Morgan fingerprint density at radius 3 is 2.75 bits per heavy atom. The van der Waals surface area contributed by atoms with Gasteiger partial charge in [0.1, 0.15) is 5.75 Å². The first-order chi connectivity index (χ1) is 15.2. The molecule has 32 heavy (non-hydrogen) atoms. The van der Waals surface area contributed by atoms with Gasteiger partial charge >= 0.3 is 7.82 Å². The molecule has 6 nitrogen and oxygen atoms in total. The molecule has 2 aliphatic rings. The standard InChI is InChI=1S/C25H34NO5P/c1-30-24-5-3-2-4-19(24)8-6-18-7-9-21-15-22(11-10-20(21)14-18)23-12-13-25(26,16-23)17-31-32(27,28)29/h2-5,10-11,15,18,23H,6-9,12-14,16-17,26H2,1H3,(H2,27,28,29)/t18?,23-,25+/m0/s1. The van der Waals surface area contributed by atoms with Gasteiger partial charge in [-0.1, -0.05) is 36.4 Å². The van der Waals surface area contributed by atoms with Crippen molar-refractivity contribution in [1.82, 2.24) is 0 Å². The highest BCUT2D eigenvalue weighted by molar-refractivity contribution is 7.46. The molecule has 0 bridgehead atoms. The van der Waals surface area contributed by atoms with Gasteiger partial charge in [-0.05, 0) is 91.5 Å². The Balaban J connectivity index is 1.35. The summed E-state index contributed by atoms with van der Waals surface area (Å²) in [4.78, 5) is 18.0. The number of hydrogen-bond donors (Lipinski definition) is 3. The molecular weight excluding hydrogens is 425 g/mol. The highest BCUT2D eigenvalue weighted by Gasteiger charge is 2.38. The van der Waals surface area contributed by atoms with Gasteiger partial charge in [-0.15, -0.1) is 0 Å². The lowest BCUT2D eigenvalue weighted by molar-refractivity contribution is 0.153. The Labute approximate surface area is 190 Å². The van der Waals surface area contributed by atoms with Crippen LogP contribution in [-0.2, 0) is 28.4 Å². The highest BCUT2D eigenvalue weighted by Crippen LogP contribution is 2.44. The lowest BCUT2D eigenvalue weighted by Gasteiger charge is -2.27. The quantitative estimate of drug-likeness (QED) is 0.502. The number of aryl methyl sites for hydroxylation is 2. The number of methoxy groups -OCH3 is 1. The molecule has 2 aromatic rings. The molecule has 0 aliphatic heterocycles. The Bertz CT molecular complexity index is 990. The third-order valence-electron chi connectivity index (χ3n) is 7.21. The van der Waals surface area contributed by atoms with E-state index in [1.807, 2.05) is 12.1 Å². The van der Waals surface area contributed by atoms with E-state index in [1.165, 1.54) is 35.1 Å². The molecule has 1 unspecified atom stereocenters. The average Bonchev–Trinajstić information content (AvgIpc) is 3.18. The van der Waals surface area contributed by atoms with E-state index < -0.39 is 13.4 Å². The van der Waals surface area contributed by atoms with Gasteiger partial charge in [0.2, 0.25) is 0 Å². The zero-order valence-electron chi connectivity index (χ0n) is 18.7. The van der Waals surface area contributed by atoms with Crippen molar-refractivity contribution in [3.05, 3.63) is 64.7 Å². The van der Waals surface area contributed by atoms with Crippen molar-refractivity contribution in [2.24, 2.45) is 11.7 Å². The maximum Gasteiger partial charge on any atom is 0.469 e. The fourth-order valence-electron chi connectivity index (χ4n) is 5.40. The third-order valence-corrected chi connectivity index (χ3v) is 7.68. The average molecular weight is 460 g/mol. The van der Waals surface area contributed by atoms with Crippen molar-refractivity contribution in [2.75, 3.05) is 13.7 Å². The summed E-state index contributed by atoms with van der Waals surface area (Å²) in [5.41, 5.74) is 11.2. The molecule has 0 aromatic heterocycles. The SMILES string of the molecule is COc1ccccc1CCC1CCc2cc([C@H]3CC[C@](N)(COP(=O)(O)O)C3)ccc2C1. The first-order valence-corrected chi connectivity index (χ1v) is 13.0. The van der Waals surface area contributed by atoms with Crippen LogP contribution in [0.1, 0.15) is 60.3 Å². The molecule has 4 N–H and O–H groups in total.